The summed E-state index contributed by atoms with van der Waals surface area (Å²) in [5.74, 6) is -2.66. The molecule has 6 nitrogen and oxygen atoms in total. The van der Waals surface area contributed by atoms with Gasteiger partial charge in [0.15, 0.2) is 0 Å². The quantitative estimate of drug-likeness (QED) is 0.853. The number of nitriles is 1. The molecule has 1 aliphatic heterocycles. The van der Waals surface area contributed by atoms with Gasteiger partial charge in [0.05, 0.1) is 11.8 Å². The Morgan fingerprint density at radius 3 is 2.71 bits per heavy atom. The van der Waals surface area contributed by atoms with Crippen LogP contribution in [-0.2, 0) is 4.74 Å². The Bertz CT molecular complexity index is 695. The molecule has 2 rings (SSSR count). The van der Waals surface area contributed by atoms with Gasteiger partial charge in [-0.05, 0) is 27.2 Å². The van der Waals surface area contributed by atoms with Crippen LogP contribution in [0, 0.1) is 23.1 Å². The van der Waals surface area contributed by atoms with Crippen LogP contribution in [-0.4, -0.2) is 30.3 Å². The average molecular weight is 338 g/mol. The molecule has 0 saturated carbocycles. The van der Waals surface area contributed by atoms with Crippen molar-refractivity contribution in [2.75, 3.05) is 23.8 Å². The maximum atomic E-state index is 14.1. The van der Waals surface area contributed by atoms with Gasteiger partial charge in [-0.15, -0.1) is 0 Å². The zero-order valence-corrected chi connectivity index (χ0v) is 14.1. The first kappa shape index (κ1) is 17.9. The Labute approximate surface area is 139 Å². The van der Waals surface area contributed by atoms with E-state index >= 15 is 0 Å². The number of hydrogen-bond acceptors (Lipinski definition) is 5. The first-order valence-electron chi connectivity index (χ1n) is 7.63. The van der Waals surface area contributed by atoms with E-state index in [1.807, 2.05) is 6.07 Å². The number of rotatable bonds is 3. The maximum absolute atomic E-state index is 14.1. The molecule has 1 unspecified atom stereocenters. The number of anilines is 2. The predicted molar refractivity (Wildman–Crippen MR) is 84.9 cm³/mol. The number of ether oxygens (including phenoxy) is 1. The third-order valence-electron chi connectivity index (χ3n) is 3.65. The van der Waals surface area contributed by atoms with E-state index in [4.69, 9.17) is 10.00 Å². The van der Waals surface area contributed by atoms with E-state index in [9.17, 15) is 13.6 Å². The van der Waals surface area contributed by atoms with Crippen LogP contribution < -0.4 is 10.2 Å². The topological polar surface area (TPSA) is 78.3 Å². The summed E-state index contributed by atoms with van der Waals surface area (Å²) in [5, 5.41) is 11.4. The zero-order chi connectivity index (χ0) is 18.1. The minimum atomic E-state index is -1.28. The Balaban J connectivity index is 2.49. The van der Waals surface area contributed by atoms with Crippen LogP contribution >= 0.6 is 0 Å². The second-order valence-corrected chi connectivity index (χ2v) is 6.56. The number of aromatic nitrogens is 1. The third kappa shape index (κ3) is 3.40. The molecule has 0 bridgehead atoms. The smallest absolute Gasteiger partial charge is 0.416 e. The van der Waals surface area contributed by atoms with Crippen molar-refractivity contribution in [3.63, 3.8) is 0 Å². The highest BCUT2D eigenvalue weighted by Gasteiger charge is 2.39. The Morgan fingerprint density at radius 1 is 1.50 bits per heavy atom. The van der Waals surface area contributed by atoms with Gasteiger partial charge in [0, 0.05) is 31.5 Å². The van der Waals surface area contributed by atoms with Crippen molar-refractivity contribution in [2.45, 2.75) is 45.1 Å². The van der Waals surface area contributed by atoms with Crippen LogP contribution in [0.15, 0.2) is 0 Å². The number of halogens is 2. The molecule has 1 aromatic rings. The number of carbonyl (C=O) groups excluding carboxylic acids is 1. The fraction of sp³-hybridized carbons (Fsp3) is 0.562. The predicted octanol–water partition coefficient (Wildman–Crippen LogP) is 3.54. The highest BCUT2D eigenvalue weighted by Crippen LogP contribution is 2.43. The lowest BCUT2D eigenvalue weighted by Crippen LogP contribution is -2.36. The molecular weight excluding hydrogens is 318 g/mol. The summed E-state index contributed by atoms with van der Waals surface area (Å²) in [4.78, 5) is 17.2. The summed E-state index contributed by atoms with van der Waals surface area (Å²) in [6, 6.07) is 2.03. The normalized spacial score (nSPS) is 16.5. The second kappa shape index (κ2) is 6.59. The first-order valence-corrected chi connectivity index (χ1v) is 7.63. The van der Waals surface area contributed by atoms with Crippen molar-refractivity contribution >= 4 is 17.6 Å². The van der Waals surface area contributed by atoms with Gasteiger partial charge in [-0.2, -0.15) is 19.0 Å². The van der Waals surface area contributed by atoms with Gasteiger partial charge in [0.25, 0.3) is 5.95 Å². The number of nitrogens with one attached hydrogen (secondary N) is 1. The van der Waals surface area contributed by atoms with E-state index in [0.29, 0.717) is 12.0 Å². The van der Waals surface area contributed by atoms with Gasteiger partial charge in [0.2, 0.25) is 5.82 Å². The number of pyridine rings is 1. The molecule has 24 heavy (non-hydrogen) atoms. The largest absolute Gasteiger partial charge is 0.443 e. The summed E-state index contributed by atoms with van der Waals surface area (Å²) in [6.45, 7) is 5.31. The minimum absolute atomic E-state index is 0.0356. The van der Waals surface area contributed by atoms with E-state index in [0.717, 1.165) is 0 Å². The molecule has 1 aromatic heterocycles. The monoisotopic (exact) mass is 338 g/mol. The van der Waals surface area contributed by atoms with Crippen LogP contribution in [0.3, 0.4) is 0 Å². The number of hydrogen-bond donors (Lipinski definition) is 1. The lowest BCUT2D eigenvalue weighted by Gasteiger charge is -2.24. The van der Waals surface area contributed by atoms with Crippen LogP contribution in [0.4, 0.5) is 25.1 Å². The van der Waals surface area contributed by atoms with E-state index in [1.165, 1.54) is 11.9 Å². The Morgan fingerprint density at radius 2 is 2.17 bits per heavy atom. The van der Waals surface area contributed by atoms with E-state index in [1.54, 1.807) is 20.8 Å². The number of nitrogens with zero attached hydrogens (tertiary/aromatic N) is 3. The molecule has 0 aromatic carbocycles. The molecule has 0 aliphatic carbocycles. The lowest BCUT2D eigenvalue weighted by atomic mass is 9.96. The summed E-state index contributed by atoms with van der Waals surface area (Å²) in [5.41, 5.74) is -0.365. The summed E-state index contributed by atoms with van der Waals surface area (Å²) in [7, 11) is 1.47. The average Bonchev–Trinajstić information content (AvgIpc) is 2.83. The molecule has 2 heterocycles. The van der Waals surface area contributed by atoms with Crippen molar-refractivity contribution in [2.24, 2.45) is 0 Å². The maximum Gasteiger partial charge on any atom is 0.416 e. The molecule has 130 valence electrons. The summed E-state index contributed by atoms with van der Waals surface area (Å²) in [6.07, 6.45) is -0.0395. The van der Waals surface area contributed by atoms with Gasteiger partial charge in [0.1, 0.15) is 11.4 Å². The number of amides is 1. The fourth-order valence-electron chi connectivity index (χ4n) is 2.72. The molecule has 8 heteroatoms. The van der Waals surface area contributed by atoms with Crippen molar-refractivity contribution < 1.29 is 18.3 Å². The van der Waals surface area contributed by atoms with Crippen molar-refractivity contribution in [3.05, 3.63) is 17.3 Å². The van der Waals surface area contributed by atoms with Crippen molar-refractivity contribution in [1.29, 1.82) is 5.26 Å². The highest BCUT2D eigenvalue weighted by molar-refractivity contribution is 5.91. The molecule has 0 radical (unpaired) electrons. The molecule has 0 fully saturated rings. The van der Waals surface area contributed by atoms with E-state index in [-0.39, 0.29) is 30.4 Å². The molecule has 1 aliphatic rings. The zero-order valence-electron chi connectivity index (χ0n) is 14.1. The van der Waals surface area contributed by atoms with Crippen molar-refractivity contribution in [3.8, 4) is 6.07 Å². The highest BCUT2D eigenvalue weighted by atomic mass is 19.2. The van der Waals surface area contributed by atoms with Crippen LogP contribution in [0.5, 0.6) is 0 Å². The van der Waals surface area contributed by atoms with E-state index in [2.05, 4.69) is 10.3 Å². The molecule has 0 spiro atoms. The standard InChI is InChI=1S/C16H20F2N4O2/c1-16(2,3)24-15(23)22-8-9(6-5-7-19)10-12(20-4)11(17)13(18)21-14(10)22/h9H,5-6,8H2,1-4H3,(H,20,21). The summed E-state index contributed by atoms with van der Waals surface area (Å²) < 4.78 is 33.2. The number of carbonyl (C=O) groups is 1. The van der Waals surface area contributed by atoms with Gasteiger partial charge in [-0.1, -0.05) is 0 Å². The van der Waals surface area contributed by atoms with Crippen LogP contribution in [0.2, 0.25) is 0 Å². The number of fused-ring (bicyclic) bond motifs is 1. The molecule has 1 N–H and O–H groups in total. The van der Waals surface area contributed by atoms with Crippen LogP contribution in [0.1, 0.15) is 45.1 Å². The molecular formula is C16H20F2N4O2. The summed E-state index contributed by atoms with van der Waals surface area (Å²) >= 11 is 0. The van der Waals surface area contributed by atoms with Crippen LogP contribution in [0.25, 0.3) is 0 Å². The third-order valence-corrected chi connectivity index (χ3v) is 3.65. The van der Waals surface area contributed by atoms with Gasteiger partial charge in [-0.3, -0.25) is 4.90 Å². The first-order chi connectivity index (χ1) is 11.2. The minimum Gasteiger partial charge on any atom is -0.443 e. The molecule has 1 amide bonds. The van der Waals surface area contributed by atoms with E-state index < -0.39 is 23.5 Å². The van der Waals surface area contributed by atoms with Crippen molar-refractivity contribution in [1.82, 2.24) is 4.98 Å². The lowest BCUT2D eigenvalue weighted by molar-refractivity contribution is 0.0581. The van der Waals surface area contributed by atoms with Gasteiger partial charge in [-0.25, -0.2) is 4.79 Å². The molecule has 0 saturated heterocycles. The Hall–Kier alpha value is -2.43. The Kier molecular flexibility index (Phi) is 4.92. The molecule has 1 atom stereocenters. The second-order valence-electron chi connectivity index (χ2n) is 6.56. The van der Waals surface area contributed by atoms with Gasteiger partial charge >= 0.3 is 6.09 Å². The fourth-order valence-corrected chi connectivity index (χ4v) is 2.72. The SMILES string of the molecule is CNc1c(F)c(F)nc2c1C(CCC#N)CN2C(=O)OC(C)(C)C. The van der Waals surface area contributed by atoms with Gasteiger partial charge < -0.3 is 10.1 Å².